The van der Waals surface area contributed by atoms with Gasteiger partial charge in [-0.25, -0.2) is 18.1 Å². The third-order valence-electron chi connectivity index (χ3n) is 2.75. The van der Waals surface area contributed by atoms with Crippen LogP contribution in [0.5, 0.6) is 0 Å². The average Bonchev–Trinajstić information content (AvgIpc) is 2.15. The molecule has 16 heavy (non-hydrogen) atoms. The Morgan fingerprint density at radius 2 is 2.19 bits per heavy atom. The first kappa shape index (κ1) is 11.3. The number of nitrogens with one attached hydrogen (secondary N) is 1. The molecule has 0 amide bonds. The van der Waals surface area contributed by atoms with Gasteiger partial charge >= 0.3 is 0 Å². The van der Waals surface area contributed by atoms with Crippen molar-refractivity contribution in [3.05, 3.63) is 18.3 Å². The Balaban J connectivity index is 2.16. The van der Waals surface area contributed by atoms with Crippen LogP contribution in [-0.2, 0) is 10.0 Å². The molecule has 0 spiro atoms. The first-order chi connectivity index (χ1) is 7.49. The molecule has 1 saturated carbocycles. The minimum atomic E-state index is -3.56. The normalized spacial score (nSPS) is 25.1. The molecule has 1 heterocycles. The van der Waals surface area contributed by atoms with E-state index in [0.717, 1.165) is 12.8 Å². The van der Waals surface area contributed by atoms with Crippen LogP contribution in [0.15, 0.2) is 23.4 Å². The van der Waals surface area contributed by atoms with Crippen molar-refractivity contribution in [2.75, 3.05) is 5.73 Å². The lowest BCUT2D eigenvalue weighted by Crippen LogP contribution is -2.43. The van der Waals surface area contributed by atoms with E-state index in [1.165, 1.54) is 12.3 Å². The molecule has 0 unspecified atom stereocenters. The summed E-state index contributed by atoms with van der Waals surface area (Å²) in [5, 5.41) is -0.0745. The smallest absolute Gasteiger partial charge is 0.260 e. The largest absolute Gasteiger partial charge is 0.396 e. The maximum absolute atomic E-state index is 11.9. The maximum Gasteiger partial charge on any atom is 0.260 e. The van der Waals surface area contributed by atoms with Crippen molar-refractivity contribution in [1.82, 2.24) is 9.71 Å². The van der Waals surface area contributed by atoms with Gasteiger partial charge in [0.2, 0.25) is 0 Å². The van der Waals surface area contributed by atoms with Crippen molar-refractivity contribution >= 4 is 15.7 Å². The average molecular weight is 241 g/mol. The Morgan fingerprint density at radius 3 is 2.75 bits per heavy atom. The van der Waals surface area contributed by atoms with E-state index < -0.39 is 10.0 Å². The van der Waals surface area contributed by atoms with Crippen LogP contribution in [0.2, 0.25) is 0 Å². The van der Waals surface area contributed by atoms with Crippen LogP contribution >= 0.6 is 0 Å². The number of hydrogen-bond acceptors (Lipinski definition) is 4. The molecule has 1 fully saturated rings. The fraction of sp³-hybridized carbons (Fsp3) is 0.500. The molecule has 0 bridgehead atoms. The Morgan fingerprint density at radius 1 is 1.50 bits per heavy atom. The SMILES string of the molecule is CC1CC(NS(=O)(=O)c2ncccc2N)C1. The van der Waals surface area contributed by atoms with Crippen molar-refractivity contribution in [2.45, 2.75) is 30.8 Å². The van der Waals surface area contributed by atoms with Gasteiger partial charge in [0.25, 0.3) is 10.0 Å². The molecule has 1 aromatic rings. The number of nitrogens with zero attached hydrogens (tertiary/aromatic N) is 1. The predicted molar refractivity (Wildman–Crippen MR) is 61.2 cm³/mol. The van der Waals surface area contributed by atoms with Gasteiger partial charge in [-0.3, -0.25) is 0 Å². The minimum Gasteiger partial charge on any atom is -0.396 e. The molecule has 1 aliphatic rings. The minimum absolute atomic E-state index is 0.0291. The first-order valence-corrected chi connectivity index (χ1v) is 6.70. The highest BCUT2D eigenvalue weighted by Gasteiger charge is 2.31. The standard InChI is InChI=1S/C10H15N3O2S/c1-7-5-8(6-7)13-16(14,15)10-9(11)3-2-4-12-10/h2-4,7-8,13H,5-6,11H2,1H3. The van der Waals surface area contributed by atoms with E-state index in [1.54, 1.807) is 6.07 Å². The Hall–Kier alpha value is -1.14. The van der Waals surface area contributed by atoms with E-state index in [1.807, 2.05) is 0 Å². The second-order valence-corrected chi connectivity index (χ2v) is 5.92. The molecule has 0 saturated heterocycles. The fourth-order valence-corrected chi connectivity index (χ4v) is 3.22. The van der Waals surface area contributed by atoms with Gasteiger partial charge in [0, 0.05) is 12.2 Å². The van der Waals surface area contributed by atoms with E-state index in [-0.39, 0.29) is 16.8 Å². The lowest BCUT2D eigenvalue weighted by Gasteiger charge is -2.32. The molecule has 1 aliphatic carbocycles. The van der Waals surface area contributed by atoms with E-state index in [0.29, 0.717) is 5.92 Å². The third kappa shape index (κ3) is 2.17. The van der Waals surface area contributed by atoms with Crippen molar-refractivity contribution in [1.29, 1.82) is 0 Å². The number of aromatic nitrogens is 1. The van der Waals surface area contributed by atoms with Crippen LogP contribution in [0, 0.1) is 5.92 Å². The van der Waals surface area contributed by atoms with Gasteiger partial charge in [0.1, 0.15) is 0 Å². The van der Waals surface area contributed by atoms with Gasteiger partial charge in [-0.1, -0.05) is 6.92 Å². The number of rotatable bonds is 3. The second kappa shape index (κ2) is 4.03. The van der Waals surface area contributed by atoms with Crippen molar-refractivity contribution in [2.24, 2.45) is 5.92 Å². The molecule has 6 heteroatoms. The van der Waals surface area contributed by atoms with Gasteiger partial charge in [0.05, 0.1) is 5.69 Å². The highest BCUT2D eigenvalue weighted by molar-refractivity contribution is 7.89. The zero-order chi connectivity index (χ0) is 11.8. The highest BCUT2D eigenvalue weighted by atomic mass is 32.2. The van der Waals surface area contributed by atoms with Crippen LogP contribution in [-0.4, -0.2) is 19.4 Å². The van der Waals surface area contributed by atoms with Crippen LogP contribution in [0.4, 0.5) is 5.69 Å². The Bertz CT molecular complexity index is 481. The fourth-order valence-electron chi connectivity index (χ4n) is 1.90. The van der Waals surface area contributed by atoms with Crippen molar-refractivity contribution in [3.63, 3.8) is 0 Å². The van der Waals surface area contributed by atoms with Crippen LogP contribution in [0.1, 0.15) is 19.8 Å². The second-order valence-electron chi connectivity index (χ2n) is 4.29. The number of nitrogen functional groups attached to an aromatic ring is 1. The lowest BCUT2D eigenvalue weighted by molar-refractivity contribution is 0.270. The molecule has 0 aliphatic heterocycles. The topological polar surface area (TPSA) is 85.1 Å². The summed E-state index contributed by atoms with van der Waals surface area (Å²) in [6, 6.07) is 3.17. The summed E-state index contributed by atoms with van der Waals surface area (Å²) in [5.74, 6) is 0.591. The molecule has 2 rings (SSSR count). The maximum atomic E-state index is 11.9. The molecule has 88 valence electrons. The molecule has 0 atom stereocenters. The molecule has 0 radical (unpaired) electrons. The van der Waals surface area contributed by atoms with Crippen LogP contribution in [0.25, 0.3) is 0 Å². The first-order valence-electron chi connectivity index (χ1n) is 5.22. The lowest BCUT2D eigenvalue weighted by atomic mass is 9.83. The predicted octanol–water partition coefficient (Wildman–Crippen LogP) is 0.741. The number of sulfonamides is 1. The third-order valence-corrected chi connectivity index (χ3v) is 4.24. The number of anilines is 1. The summed E-state index contributed by atoms with van der Waals surface area (Å²) < 4.78 is 26.4. The van der Waals surface area contributed by atoms with Gasteiger partial charge in [-0.2, -0.15) is 0 Å². The van der Waals surface area contributed by atoms with E-state index >= 15 is 0 Å². The molecule has 0 aromatic carbocycles. The van der Waals surface area contributed by atoms with Crippen LogP contribution < -0.4 is 10.5 Å². The highest BCUT2D eigenvalue weighted by Crippen LogP contribution is 2.28. The van der Waals surface area contributed by atoms with Crippen LogP contribution in [0.3, 0.4) is 0 Å². The quantitative estimate of drug-likeness (QED) is 0.817. The molecular formula is C10H15N3O2S. The summed E-state index contributed by atoms with van der Waals surface area (Å²) >= 11 is 0. The Labute approximate surface area is 95.1 Å². The number of pyridine rings is 1. The van der Waals surface area contributed by atoms with Gasteiger partial charge in [0.15, 0.2) is 5.03 Å². The summed E-state index contributed by atoms with van der Waals surface area (Å²) in [6.45, 7) is 2.10. The van der Waals surface area contributed by atoms with Gasteiger partial charge < -0.3 is 5.73 Å². The van der Waals surface area contributed by atoms with Gasteiger partial charge in [-0.05, 0) is 30.9 Å². The Kier molecular flexibility index (Phi) is 2.86. The molecule has 5 nitrogen and oxygen atoms in total. The molecule has 3 N–H and O–H groups in total. The summed E-state index contributed by atoms with van der Waals surface area (Å²) in [5.41, 5.74) is 5.77. The van der Waals surface area contributed by atoms with E-state index in [4.69, 9.17) is 5.73 Å². The monoisotopic (exact) mass is 241 g/mol. The van der Waals surface area contributed by atoms with E-state index in [9.17, 15) is 8.42 Å². The van der Waals surface area contributed by atoms with Crippen molar-refractivity contribution in [3.8, 4) is 0 Å². The number of nitrogens with two attached hydrogens (primary N) is 1. The summed E-state index contributed by atoms with van der Waals surface area (Å²) in [7, 11) is -3.56. The van der Waals surface area contributed by atoms with Gasteiger partial charge in [-0.15, -0.1) is 0 Å². The van der Waals surface area contributed by atoms with Crippen molar-refractivity contribution < 1.29 is 8.42 Å². The zero-order valence-electron chi connectivity index (χ0n) is 9.05. The summed E-state index contributed by atoms with van der Waals surface area (Å²) in [6.07, 6.45) is 3.19. The van der Waals surface area contributed by atoms with E-state index in [2.05, 4.69) is 16.6 Å². The summed E-state index contributed by atoms with van der Waals surface area (Å²) in [4.78, 5) is 3.80. The molecular weight excluding hydrogens is 226 g/mol. The zero-order valence-corrected chi connectivity index (χ0v) is 9.87. The molecule has 1 aromatic heterocycles. The number of hydrogen-bond donors (Lipinski definition) is 2.